The zero-order chi connectivity index (χ0) is 13.7. The predicted molar refractivity (Wildman–Crippen MR) is 80.0 cm³/mol. The molecule has 2 rings (SSSR count). The summed E-state index contributed by atoms with van der Waals surface area (Å²) in [7, 11) is 1.75. The summed E-state index contributed by atoms with van der Waals surface area (Å²) in [6.45, 7) is 9.08. The average Bonchev–Trinajstić information content (AvgIpc) is 2.48. The molecule has 0 spiro atoms. The molecule has 1 aliphatic heterocycles. The largest absolute Gasteiger partial charge is 0.496 e. The molecule has 0 amide bonds. The molecule has 1 atom stereocenters. The second-order valence-corrected chi connectivity index (χ2v) is 5.34. The standard InChI is InChI=1S/C16H26N2O/c1-4-15-12-14(5-6-16(15)19-3)11-13(2)18-9-7-17-8-10-18/h5-6,12-13,17H,4,7-11H2,1-3H3. The molecule has 0 aliphatic carbocycles. The van der Waals surface area contributed by atoms with Crippen LogP contribution >= 0.6 is 0 Å². The Balaban J connectivity index is 2.01. The molecule has 3 nitrogen and oxygen atoms in total. The van der Waals surface area contributed by atoms with Gasteiger partial charge in [0.2, 0.25) is 0 Å². The summed E-state index contributed by atoms with van der Waals surface area (Å²) < 4.78 is 5.39. The topological polar surface area (TPSA) is 24.5 Å². The van der Waals surface area contributed by atoms with Gasteiger partial charge in [0.1, 0.15) is 5.75 Å². The predicted octanol–water partition coefficient (Wildman–Crippen LogP) is 2.09. The van der Waals surface area contributed by atoms with Crippen molar-refractivity contribution < 1.29 is 4.74 Å². The highest BCUT2D eigenvalue weighted by molar-refractivity contribution is 5.37. The van der Waals surface area contributed by atoms with Crippen LogP contribution in [-0.2, 0) is 12.8 Å². The van der Waals surface area contributed by atoms with Gasteiger partial charge in [0.25, 0.3) is 0 Å². The monoisotopic (exact) mass is 262 g/mol. The first-order valence-corrected chi connectivity index (χ1v) is 7.35. The van der Waals surface area contributed by atoms with E-state index in [-0.39, 0.29) is 0 Å². The maximum atomic E-state index is 5.39. The molecule has 1 saturated heterocycles. The van der Waals surface area contributed by atoms with Gasteiger partial charge in [-0.2, -0.15) is 0 Å². The van der Waals surface area contributed by atoms with Gasteiger partial charge in [0.05, 0.1) is 7.11 Å². The van der Waals surface area contributed by atoms with Crippen LogP contribution in [0.2, 0.25) is 0 Å². The number of piperazine rings is 1. The maximum absolute atomic E-state index is 5.39. The number of hydrogen-bond acceptors (Lipinski definition) is 3. The summed E-state index contributed by atoms with van der Waals surface area (Å²) in [6.07, 6.45) is 2.15. The van der Waals surface area contributed by atoms with E-state index in [4.69, 9.17) is 4.74 Å². The second-order valence-electron chi connectivity index (χ2n) is 5.34. The fourth-order valence-corrected chi connectivity index (χ4v) is 2.83. The molecule has 1 aromatic rings. The molecular formula is C16H26N2O. The molecule has 0 radical (unpaired) electrons. The summed E-state index contributed by atoms with van der Waals surface area (Å²) in [6, 6.07) is 7.23. The molecule has 1 aliphatic rings. The number of benzene rings is 1. The van der Waals surface area contributed by atoms with Gasteiger partial charge in [-0.25, -0.2) is 0 Å². The normalized spacial score (nSPS) is 18.3. The van der Waals surface area contributed by atoms with E-state index in [0.29, 0.717) is 6.04 Å². The fourth-order valence-electron chi connectivity index (χ4n) is 2.83. The van der Waals surface area contributed by atoms with Crippen LogP contribution < -0.4 is 10.1 Å². The molecule has 1 aromatic carbocycles. The third-order valence-corrected chi connectivity index (χ3v) is 4.03. The van der Waals surface area contributed by atoms with Gasteiger partial charge in [-0.15, -0.1) is 0 Å². The number of hydrogen-bond donors (Lipinski definition) is 1. The summed E-state index contributed by atoms with van der Waals surface area (Å²) in [4.78, 5) is 2.58. The number of nitrogens with one attached hydrogen (secondary N) is 1. The van der Waals surface area contributed by atoms with E-state index in [2.05, 4.69) is 42.3 Å². The highest BCUT2D eigenvalue weighted by Crippen LogP contribution is 2.21. The summed E-state index contributed by atoms with van der Waals surface area (Å²) in [5.74, 6) is 1.01. The van der Waals surface area contributed by atoms with Crippen LogP contribution in [0.3, 0.4) is 0 Å². The van der Waals surface area contributed by atoms with E-state index in [0.717, 1.165) is 44.8 Å². The van der Waals surface area contributed by atoms with Gasteiger partial charge in [-0.3, -0.25) is 4.90 Å². The van der Waals surface area contributed by atoms with Crippen LogP contribution in [0.5, 0.6) is 5.75 Å². The van der Waals surface area contributed by atoms with Crippen molar-refractivity contribution in [2.75, 3.05) is 33.3 Å². The molecule has 19 heavy (non-hydrogen) atoms. The van der Waals surface area contributed by atoms with E-state index in [9.17, 15) is 0 Å². The first-order valence-electron chi connectivity index (χ1n) is 7.35. The lowest BCUT2D eigenvalue weighted by molar-refractivity contribution is 0.183. The Bertz CT molecular complexity index is 400. The van der Waals surface area contributed by atoms with E-state index < -0.39 is 0 Å². The van der Waals surface area contributed by atoms with Crippen LogP contribution in [0.1, 0.15) is 25.0 Å². The average molecular weight is 262 g/mol. The van der Waals surface area contributed by atoms with Crippen molar-refractivity contribution >= 4 is 0 Å². The van der Waals surface area contributed by atoms with Crippen LogP contribution in [0, 0.1) is 0 Å². The Morgan fingerprint density at radius 2 is 2.05 bits per heavy atom. The Labute approximate surface area is 116 Å². The summed E-state index contributed by atoms with van der Waals surface area (Å²) in [5, 5.41) is 3.41. The van der Waals surface area contributed by atoms with Gasteiger partial charge in [0.15, 0.2) is 0 Å². The highest BCUT2D eigenvalue weighted by Gasteiger charge is 2.16. The number of methoxy groups -OCH3 is 1. The van der Waals surface area contributed by atoms with Gasteiger partial charge in [0, 0.05) is 32.2 Å². The van der Waals surface area contributed by atoms with Crippen molar-refractivity contribution in [1.82, 2.24) is 10.2 Å². The van der Waals surface area contributed by atoms with Crippen LogP contribution in [0.15, 0.2) is 18.2 Å². The SMILES string of the molecule is CCc1cc(CC(C)N2CCNCC2)ccc1OC. The smallest absolute Gasteiger partial charge is 0.122 e. The van der Waals surface area contributed by atoms with Gasteiger partial charge >= 0.3 is 0 Å². The van der Waals surface area contributed by atoms with Crippen molar-refractivity contribution in [2.45, 2.75) is 32.7 Å². The first-order chi connectivity index (χ1) is 9.24. The Morgan fingerprint density at radius 1 is 1.32 bits per heavy atom. The molecule has 0 saturated carbocycles. The molecule has 1 unspecified atom stereocenters. The maximum Gasteiger partial charge on any atom is 0.122 e. The molecule has 1 heterocycles. The van der Waals surface area contributed by atoms with Crippen molar-refractivity contribution in [2.24, 2.45) is 0 Å². The van der Waals surface area contributed by atoms with Crippen molar-refractivity contribution in [3.05, 3.63) is 29.3 Å². The van der Waals surface area contributed by atoms with Crippen LogP contribution in [-0.4, -0.2) is 44.2 Å². The van der Waals surface area contributed by atoms with Crippen molar-refractivity contribution in [3.8, 4) is 5.75 Å². The molecule has 1 N–H and O–H groups in total. The van der Waals surface area contributed by atoms with E-state index in [1.165, 1.54) is 11.1 Å². The Hall–Kier alpha value is -1.06. The lowest BCUT2D eigenvalue weighted by atomic mass is 10.0. The molecular weight excluding hydrogens is 236 g/mol. The molecule has 0 aromatic heterocycles. The Morgan fingerprint density at radius 3 is 2.68 bits per heavy atom. The van der Waals surface area contributed by atoms with Gasteiger partial charge < -0.3 is 10.1 Å². The minimum atomic E-state index is 0.611. The third-order valence-electron chi connectivity index (χ3n) is 4.03. The zero-order valence-electron chi connectivity index (χ0n) is 12.4. The van der Waals surface area contributed by atoms with Gasteiger partial charge in [-0.1, -0.05) is 19.1 Å². The zero-order valence-corrected chi connectivity index (χ0v) is 12.4. The number of aryl methyl sites for hydroxylation is 1. The van der Waals surface area contributed by atoms with E-state index in [1.807, 2.05) is 0 Å². The Kier molecular flexibility index (Phi) is 5.23. The molecule has 0 bridgehead atoms. The number of ether oxygens (including phenoxy) is 1. The van der Waals surface area contributed by atoms with Crippen molar-refractivity contribution in [1.29, 1.82) is 0 Å². The van der Waals surface area contributed by atoms with Crippen molar-refractivity contribution in [3.63, 3.8) is 0 Å². The van der Waals surface area contributed by atoms with Gasteiger partial charge in [-0.05, 0) is 37.0 Å². The molecule has 1 fully saturated rings. The third kappa shape index (κ3) is 3.71. The van der Waals surface area contributed by atoms with E-state index >= 15 is 0 Å². The lowest BCUT2D eigenvalue weighted by Crippen LogP contribution is -2.48. The minimum absolute atomic E-state index is 0.611. The van der Waals surface area contributed by atoms with E-state index in [1.54, 1.807) is 7.11 Å². The molecule has 106 valence electrons. The summed E-state index contributed by atoms with van der Waals surface area (Å²) >= 11 is 0. The summed E-state index contributed by atoms with van der Waals surface area (Å²) in [5.41, 5.74) is 2.73. The number of nitrogens with zero attached hydrogens (tertiary/aromatic N) is 1. The van der Waals surface area contributed by atoms with Crippen LogP contribution in [0.25, 0.3) is 0 Å². The van der Waals surface area contributed by atoms with Crippen LogP contribution in [0.4, 0.5) is 0 Å². The quantitative estimate of drug-likeness (QED) is 0.879. The number of rotatable bonds is 5. The second kappa shape index (κ2) is 6.92. The highest BCUT2D eigenvalue weighted by atomic mass is 16.5. The minimum Gasteiger partial charge on any atom is -0.496 e. The lowest BCUT2D eigenvalue weighted by Gasteiger charge is -2.33. The first kappa shape index (κ1) is 14.4. The fraction of sp³-hybridized carbons (Fsp3) is 0.625. The molecule has 3 heteroatoms.